The van der Waals surface area contributed by atoms with Crippen LogP contribution in [0.2, 0.25) is 0 Å². The lowest BCUT2D eigenvalue weighted by molar-refractivity contribution is -0.149. The predicted molar refractivity (Wildman–Crippen MR) is 67.9 cm³/mol. The fraction of sp³-hybridized carbons (Fsp3) is 0.533. The summed E-state index contributed by atoms with van der Waals surface area (Å²) in [5.41, 5.74) is 0.101. The van der Waals surface area contributed by atoms with Crippen LogP contribution in [-0.2, 0) is 11.2 Å². The van der Waals surface area contributed by atoms with Crippen molar-refractivity contribution in [1.82, 2.24) is 0 Å². The molecule has 0 heterocycles. The Labute approximate surface area is 107 Å². The van der Waals surface area contributed by atoms with Crippen LogP contribution in [0.1, 0.15) is 44.1 Å². The molecule has 2 nitrogen and oxygen atoms in total. The van der Waals surface area contributed by atoms with Crippen molar-refractivity contribution >= 4 is 5.97 Å². The second kappa shape index (κ2) is 5.51. The third kappa shape index (κ3) is 2.89. The van der Waals surface area contributed by atoms with Crippen LogP contribution in [0, 0.1) is 11.2 Å². The average molecular weight is 250 g/mol. The molecule has 3 heteroatoms. The van der Waals surface area contributed by atoms with Crippen molar-refractivity contribution in [3.8, 4) is 0 Å². The smallest absolute Gasteiger partial charge is 0.309 e. The molecule has 2 rings (SSSR count). The van der Waals surface area contributed by atoms with Crippen LogP contribution in [-0.4, -0.2) is 11.1 Å². The van der Waals surface area contributed by atoms with Gasteiger partial charge in [-0.3, -0.25) is 4.79 Å². The minimum atomic E-state index is -0.728. The lowest BCUT2D eigenvalue weighted by atomic mass is 9.75. The summed E-state index contributed by atoms with van der Waals surface area (Å²) in [4.78, 5) is 11.6. The van der Waals surface area contributed by atoms with Crippen molar-refractivity contribution in [2.75, 3.05) is 0 Å². The largest absolute Gasteiger partial charge is 0.481 e. The summed E-state index contributed by atoms with van der Waals surface area (Å²) in [6, 6.07) is 6.31. The molecule has 1 aliphatic carbocycles. The highest BCUT2D eigenvalue weighted by Crippen LogP contribution is 2.38. The molecular formula is C15H19FO2. The van der Waals surface area contributed by atoms with Gasteiger partial charge >= 0.3 is 5.97 Å². The first-order chi connectivity index (χ1) is 8.62. The molecule has 0 aliphatic heterocycles. The molecule has 1 aromatic rings. The standard InChI is InChI=1S/C15H19FO2/c16-13-7-5-6-12(10-13)11-15(14(17)18)8-3-1-2-4-9-15/h5-7,10H,1-4,8-9,11H2,(H,17,18). The molecule has 1 aliphatic rings. The third-order valence-corrected chi connectivity index (χ3v) is 3.95. The van der Waals surface area contributed by atoms with Gasteiger partial charge in [0.05, 0.1) is 5.41 Å². The molecule has 1 N–H and O–H groups in total. The summed E-state index contributed by atoms with van der Waals surface area (Å²) in [5, 5.41) is 9.55. The van der Waals surface area contributed by atoms with E-state index in [9.17, 15) is 14.3 Å². The zero-order valence-electron chi connectivity index (χ0n) is 10.5. The second-order valence-electron chi connectivity index (χ2n) is 5.31. The highest BCUT2D eigenvalue weighted by Gasteiger charge is 2.38. The Hall–Kier alpha value is -1.38. The van der Waals surface area contributed by atoms with Gasteiger partial charge in [0, 0.05) is 0 Å². The maximum atomic E-state index is 13.2. The van der Waals surface area contributed by atoms with Crippen molar-refractivity contribution in [2.24, 2.45) is 5.41 Å². The van der Waals surface area contributed by atoms with E-state index in [1.807, 2.05) is 6.07 Å². The molecule has 1 saturated carbocycles. The van der Waals surface area contributed by atoms with Crippen LogP contribution in [0.25, 0.3) is 0 Å². The maximum absolute atomic E-state index is 13.2. The van der Waals surface area contributed by atoms with Gasteiger partial charge in [-0.2, -0.15) is 0 Å². The minimum Gasteiger partial charge on any atom is -0.481 e. The summed E-state index contributed by atoms with van der Waals surface area (Å²) in [6.07, 6.45) is 6.00. The van der Waals surface area contributed by atoms with E-state index in [4.69, 9.17) is 0 Å². The Morgan fingerprint density at radius 2 is 1.89 bits per heavy atom. The van der Waals surface area contributed by atoms with Gasteiger partial charge in [0.25, 0.3) is 0 Å². The number of carboxylic acids is 1. The van der Waals surface area contributed by atoms with E-state index in [2.05, 4.69) is 0 Å². The number of carbonyl (C=O) groups is 1. The number of carboxylic acid groups (broad SMARTS) is 1. The van der Waals surface area contributed by atoms with Gasteiger partial charge in [-0.1, -0.05) is 37.8 Å². The van der Waals surface area contributed by atoms with Gasteiger partial charge in [-0.15, -0.1) is 0 Å². The zero-order valence-corrected chi connectivity index (χ0v) is 10.5. The van der Waals surface area contributed by atoms with Crippen LogP contribution in [0.15, 0.2) is 24.3 Å². The van der Waals surface area contributed by atoms with Crippen LogP contribution in [0.5, 0.6) is 0 Å². The van der Waals surface area contributed by atoms with E-state index in [0.29, 0.717) is 19.3 Å². The second-order valence-corrected chi connectivity index (χ2v) is 5.31. The van der Waals surface area contributed by atoms with Crippen molar-refractivity contribution < 1.29 is 14.3 Å². The lowest BCUT2D eigenvalue weighted by Crippen LogP contribution is -2.33. The van der Waals surface area contributed by atoms with E-state index >= 15 is 0 Å². The normalized spacial score (nSPS) is 19.2. The highest BCUT2D eigenvalue weighted by atomic mass is 19.1. The molecule has 0 unspecified atom stereocenters. The SMILES string of the molecule is O=C(O)C1(Cc2cccc(F)c2)CCCCCC1. The highest BCUT2D eigenvalue weighted by molar-refractivity contribution is 5.75. The Kier molecular flexibility index (Phi) is 4.00. The van der Waals surface area contributed by atoms with Gasteiger partial charge in [0.15, 0.2) is 0 Å². The maximum Gasteiger partial charge on any atom is 0.309 e. The van der Waals surface area contributed by atoms with Crippen molar-refractivity contribution in [3.05, 3.63) is 35.6 Å². The van der Waals surface area contributed by atoms with Crippen molar-refractivity contribution in [2.45, 2.75) is 44.9 Å². The van der Waals surface area contributed by atoms with Crippen LogP contribution < -0.4 is 0 Å². The van der Waals surface area contributed by atoms with E-state index in [1.165, 1.54) is 12.1 Å². The quantitative estimate of drug-likeness (QED) is 0.829. The molecule has 0 spiro atoms. The first-order valence-corrected chi connectivity index (χ1v) is 6.60. The minimum absolute atomic E-state index is 0.290. The predicted octanol–water partition coefficient (Wildman–Crippen LogP) is 3.79. The molecule has 0 amide bonds. The Bertz CT molecular complexity index is 420. The Morgan fingerprint density at radius 3 is 2.44 bits per heavy atom. The third-order valence-electron chi connectivity index (χ3n) is 3.95. The first-order valence-electron chi connectivity index (χ1n) is 6.60. The Morgan fingerprint density at radius 1 is 1.22 bits per heavy atom. The molecule has 0 aromatic heterocycles. The van der Waals surface area contributed by atoms with Gasteiger partial charge < -0.3 is 5.11 Å². The lowest BCUT2D eigenvalue weighted by Gasteiger charge is -2.28. The van der Waals surface area contributed by atoms with E-state index in [1.54, 1.807) is 6.07 Å². The number of rotatable bonds is 3. The topological polar surface area (TPSA) is 37.3 Å². The molecule has 1 fully saturated rings. The number of hydrogen-bond acceptors (Lipinski definition) is 1. The van der Waals surface area contributed by atoms with Gasteiger partial charge in [-0.05, 0) is 37.0 Å². The van der Waals surface area contributed by atoms with Crippen LogP contribution >= 0.6 is 0 Å². The van der Waals surface area contributed by atoms with Crippen LogP contribution in [0.4, 0.5) is 4.39 Å². The zero-order chi connectivity index (χ0) is 13.0. The molecular weight excluding hydrogens is 231 g/mol. The van der Waals surface area contributed by atoms with E-state index < -0.39 is 11.4 Å². The fourth-order valence-corrected chi connectivity index (χ4v) is 2.91. The van der Waals surface area contributed by atoms with E-state index in [-0.39, 0.29) is 5.82 Å². The van der Waals surface area contributed by atoms with Crippen molar-refractivity contribution in [1.29, 1.82) is 0 Å². The molecule has 1 aromatic carbocycles. The summed E-state index contributed by atoms with van der Waals surface area (Å²) >= 11 is 0. The fourth-order valence-electron chi connectivity index (χ4n) is 2.91. The molecule has 18 heavy (non-hydrogen) atoms. The van der Waals surface area contributed by atoms with Gasteiger partial charge in [0.2, 0.25) is 0 Å². The summed E-state index contributed by atoms with van der Waals surface area (Å²) in [5.74, 6) is -1.02. The summed E-state index contributed by atoms with van der Waals surface area (Å²) < 4.78 is 13.2. The first kappa shape index (κ1) is 13.1. The van der Waals surface area contributed by atoms with E-state index in [0.717, 1.165) is 31.2 Å². The van der Waals surface area contributed by atoms with Gasteiger partial charge in [-0.25, -0.2) is 4.39 Å². The van der Waals surface area contributed by atoms with Gasteiger partial charge in [0.1, 0.15) is 5.82 Å². The average Bonchev–Trinajstić information content (AvgIpc) is 2.55. The molecule has 98 valence electrons. The molecule has 0 saturated heterocycles. The molecule has 0 radical (unpaired) electrons. The summed E-state index contributed by atoms with van der Waals surface area (Å²) in [7, 11) is 0. The molecule has 0 bridgehead atoms. The molecule has 0 atom stereocenters. The van der Waals surface area contributed by atoms with Crippen LogP contribution in [0.3, 0.4) is 0 Å². The number of benzene rings is 1. The van der Waals surface area contributed by atoms with Crippen molar-refractivity contribution in [3.63, 3.8) is 0 Å². The number of hydrogen-bond donors (Lipinski definition) is 1. The Balaban J connectivity index is 2.22. The summed E-state index contributed by atoms with van der Waals surface area (Å²) in [6.45, 7) is 0. The number of halogens is 1. The monoisotopic (exact) mass is 250 g/mol. The number of aliphatic carboxylic acids is 1.